The van der Waals surface area contributed by atoms with E-state index in [2.05, 4.69) is 85.1 Å². The SMILES string of the molecule is C=C1NC(C(C)C)=N[Xe]c2cc(-c3cnc4cc(-c5cnc(CC)[nH]5)ccc4c3)ccc21. The molecule has 1 aliphatic heterocycles. The first-order chi connectivity index (χ1) is 15.5. The monoisotopic (exact) mass is 539 g/mol. The Bertz CT molecular complexity index is 1370. The number of amidine groups is 1. The van der Waals surface area contributed by atoms with Crippen LogP contribution in [0.3, 0.4) is 0 Å². The Morgan fingerprint density at radius 3 is 2.59 bits per heavy atom. The normalized spacial score (nSPS) is 13.9. The van der Waals surface area contributed by atoms with Crippen LogP contribution in [0, 0.1) is 50.5 Å². The van der Waals surface area contributed by atoms with Crippen LogP contribution in [0.15, 0.2) is 61.4 Å². The van der Waals surface area contributed by atoms with E-state index in [1.54, 1.807) is 0 Å². The first-order valence-corrected chi connectivity index (χ1v) is 12.7. The summed E-state index contributed by atoms with van der Waals surface area (Å²) in [5, 5.41) is 4.52. The number of nitrogens with zero attached hydrogens (tertiary/aromatic N) is 3. The summed E-state index contributed by atoms with van der Waals surface area (Å²) in [6, 6.07) is 15.1. The zero-order chi connectivity index (χ0) is 22.2. The van der Waals surface area contributed by atoms with Gasteiger partial charge in [0.05, 0.1) is 0 Å². The third kappa shape index (κ3) is 4.23. The molecule has 0 saturated heterocycles. The standard InChI is InChI=1S/C26H25N5Xe/c1-5-25-28-14-23(30-25)19-7-6-18-10-20(13-27-22(18)11-19)17-8-9-21-16(4)29-26(15(2)3)31-32-24(21)12-17/h6-15H,4-5H2,1-3H3,(H,28,30)(H,29,31). The zero-order valence-electron chi connectivity index (χ0n) is 18.4. The molecule has 162 valence electrons. The molecule has 0 aliphatic carbocycles. The van der Waals surface area contributed by atoms with Crippen LogP contribution in [0.25, 0.3) is 39.0 Å². The number of rotatable bonds is 4. The number of hydrogen-bond acceptors (Lipinski definition) is 4. The molecular weight excluding hydrogens is 514 g/mol. The summed E-state index contributed by atoms with van der Waals surface area (Å²) in [6.45, 7) is 10.6. The van der Waals surface area contributed by atoms with Crippen molar-refractivity contribution in [3.05, 3.63) is 72.8 Å². The number of nitrogens with one attached hydrogen (secondary N) is 2. The van der Waals surface area contributed by atoms with Gasteiger partial charge in [0.25, 0.3) is 0 Å². The fourth-order valence-electron chi connectivity index (χ4n) is 3.69. The van der Waals surface area contributed by atoms with Gasteiger partial charge in [-0.15, -0.1) is 0 Å². The molecule has 2 N–H and O–H groups in total. The van der Waals surface area contributed by atoms with E-state index in [9.17, 15) is 0 Å². The number of aromatic amines is 1. The van der Waals surface area contributed by atoms with Gasteiger partial charge in [0, 0.05) is 6.42 Å². The van der Waals surface area contributed by atoms with Crippen molar-refractivity contribution in [2.24, 2.45) is 5.92 Å². The Balaban J connectivity index is 1.49. The van der Waals surface area contributed by atoms with E-state index in [1.807, 2.05) is 12.4 Å². The number of fused-ring (bicyclic) bond motifs is 2. The van der Waals surface area contributed by atoms with Crippen molar-refractivity contribution in [2.75, 3.05) is 0 Å². The molecular formula is C26H25N5Xe. The van der Waals surface area contributed by atoms with Crippen LogP contribution in [0.4, 0.5) is 0 Å². The quantitative estimate of drug-likeness (QED) is 0.380. The summed E-state index contributed by atoms with van der Waals surface area (Å²) in [5.74, 6) is 2.38. The van der Waals surface area contributed by atoms with Gasteiger partial charge in [-0.2, -0.15) is 0 Å². The number of imidazole rings is 1. The number of hydrogen-bond donors (Lipinski definition) is 2. The Morgan fingerprint density at radius 2 is 1.81 bits per heavy atom. The van der Waals surface area contributed by atoms with Gasteiger partial charge in [0.15, 0.2) is 0 Å². The van der Waals surface area contributed by atoms with Crippen LogP contribution in [0.2, 0.25) is 0 Å². The van der Waals surface area contributed by atoms with Gasteiger partial charge in [-0.25, -0.2) is 0 Å². The summed E-state index contributed by atoms with van der Waals surface area (Å²) in [6.07, 6.45) is 4.74. The summed E-state index contributed by atoms with van der Waals surface area (Å²) in [4.78, 5) is 12.5. The molecule has 0 atom stereocenters. The van der Waals surface area contributed by atoms with Gasteiger partial charge in [-0.05, 0) is 0 Å². The zero-order valence-corrected chi connectivity index (χ0v) is 20.4. The minimum absolute atomic E-state index is 0.269. The molecule has 0 spiro atoms. The van der Waals surface area contributed by atoms with Gasteiger partial charge in [-0.1, -0.05) is 6.92 Å². The number of aryl methyl sites for hydroxylation is 1. The summed E-state index contributed by atoms with van der Waals surface area (Å²) in [5.41, 5.74) is 7.47. The summed E-state index contributed by atoms with van der Waals surface area (Å²) in [7, 11) is 0. The topological polar surface area (TPSA) is 66.0 Å². The minimum atomic E-state index is -0.269. The molecule has 0 bridgehead atoms. The Hall–Kier alpha value is -2.16. The Labute approximate surface area is 213 Å². The molecule has 1 aliphatic rings. The average molecular weight is 539 g/mol. The molecule has 2 aromatic carbocycles. The molecule has 0 amide bonds. The predicted octanol–water partition coefficient (Wildman–Crippen LogP) is 5.11. The van der Waals surface area contributed by atoms with E-state index in [-0.39, 0.29) is 44.6 Å². The van der Waals surface area contributed by atoms with Gasteiger partial charge in [-0.3, -0.25) is 0 Å². The molecule has 5 rings (SSSR count). The van der Waals surface area contributed by atoms with E-state index in [1.165, 1.54) is 0.0314 Å². The predicted molar refractivity (Wildman–Crippen MR) is 128 cm³/mol. The third-order valence-corrected chi connectivity index (χ3v) is 7.64. The van der Waals surface area contributed by atoms with Crippen molar-refractivity contribution in [1.29, 1.82) is 0 Å². The molecule has 32 heavy (non-hydrogen) atoms. The molecule has 3 heterocycles. The van der Waals surface area contributed by atoms with Crippen molar-refractivity contribution in [3.63, 3.8) is 0 Å². The number of benzene rings is 2. The maximum atomic E-state index is 4.86. The molecule has 4 aromatic rings. The van der Waals surface area contributed by atoms with Crippen LogP contribution < -0.4 is 5.35 Å². The summed E-state index contributed by atoms with van der Waals surface area (Å²) < 4.78 is 6.12. The second-order valence-electron chi connectivity index (χ2n) is 8.21. The second kappa shape index (κ2) is 9.00. The Kier molecular flexibility index (Phi) is 6.10. The molecule has 0 saturated carbocycles. The molecule has 0 fully saturated rings. The van der Waals surface area contributed by atoms with Crippen molar-refractivity contribution in [1.82, 2.24) is 20.3 Å². The van der Waals surface area contributed by atoms with E-state index in [4.69, 9.17) is 4.99 Å². The van der Waals surface area contributed by atoms with Crippen LogP contribution in [-0.2, 0) is 6.42 Å². The van der Waals surface area contributed by atoms with E-state index in [0.29, 0.717) is 5.92 Å². The van der Waals surface area contributed by atoms with Gasteiger partial charge in [0.1, 0.15) is 0 Å². The second-order valence-corrected chi connectivity index (χ2v) is 10.2. The van der Waals surface area contributed by atoms with Gasteiger partial charge in [0.2, 0.25) is 0 Å². The number of pyridine rings is 1. The van der Waals surface area contributed by atoms with Crippen molar-refractivity contribution < 1.29 is 44.6 Å². The Morgan fingerprint density at radius 1 is 0.969 bits per heavy atom. The fraction of sp³-hybridized carbons (Fsp3) is 0.192. The average Bonchev–Trinajstić information content (AvgIpc) is 3.23. The van der Waals surface area contributed by atoms with E-state index in [0.717, 1.165) is 62.6 Å². The van der Waals surface area contributed by atoms with Crippen LogP contribution >= 0.6 is 0 Å². The van der Waals surface area contributed by atoms with Crippen molar-refractivity contribution >= 4 is 22.5 Å². The third-order valence-electron chi connectivity index (χ3n) is 5.61. The van der Waals surface area contributed by atoms with E-state index >= 15 is 0 Å². The van der Waals surface area contributed by atoms with Crippen molar-refractivity contribution in [2.45, 2.75) is 27.2 Å². The van der Waals surface area contributed by atoms with Crippen LogP contribution in [0.5, 0.6) is 0 Å². The van der Waals surface area contributed by atoms with Crippen LogP contribution in [-0.4, -0.2) is 20.8 Å². The first-order valence-electron chi connectivity index (χ1n) is 10.8. The van der Waals surface area contributed by atoms with Gasteiger partial charge < -0.3 is 0 Å². The van der Waals surface area contributed by atoms with Crippen molar-refractivity contribution in [3.8, 4) is 22.4 Å². The fourth-order valence-corrected chi connectivity index (χ4v) is 5.97. The molecule has 0 unspecified atom stereocenters. The molecule has 6 heteroatoms. The summed E-state index contributed by atoms with van der Waals surface area (Å²) >= 11 is -0.269. The van der Waals surface area contributed by atoms with E-state index < -0.39 is 0 Å². The maximum absolute atomic E-state index is 4.86. The molecule has 5 nitrogen and oxygen atoms in total. The van der Waals surface area contributed by atoms with Gasteiger partial charge >= 0.3 is 202 Å². The molecule has 0 radical (unpaired) electrons. The first kappa shape index (κ1) is 21.7. The number of H-pyrrole nitrogens is 1. The molecule has 2 aromatic heterocycles. The van der Waals surface area contributed by atoms with Crippen LogP contribution in [0.1, 0.15) is 32.2 Å². The number of aromatic nitrogens is 3.